The van der Waals surface area contributed by atoms with Crippen LogP contribution in [0.4, 0.5) is 10.1 Å². The standard InChI is InChI=1S/C20H21FN2O2/c1-13-10-11-14(12-17(13)21)19(24)23-18-9-5-4-8-16(18)20(25)22-15-6-2-3-7-15/h4-5,8-12,15H,2-3,6-7H2,1H3,(H,22,25)(H,23,24). The summed E-state index contributed by atoms with van der Waals surface area (Å²) in [6.45, 7) is 1.64. The molecular formula is C20H21FN2O2. The number of benzene rings is 2. The number of nitrogens with one attached hydrogen (secondary N) is 2. The maximum atomic E-state index is 13.7. The molecule has 2 amide bonds. The van der Waals surface area contributed by atoms with Crippen LogP contribution in [0.5, 0.6) is 0 Å². The van der Waals surface area contributed by atoms with Gasteiger partial charge >= 0.3 is 0 Å². The summed E-state index contributed by atoms with van der Waals surface area (Å²) in [4.78, 5) is 24.9. The summed E-state index contributed by atoms with van der Waals surface area (Å²) in [5, 5.41) is 5.73. The zero-order chi connectivity index (χ0) is 17.8. The number of rotatable bonds is 4. The van der Waals surface area contributed by atoms with Gasteiger partial charge in [0, 0.05) is 11.6 Å². The van der Waals surface area contributed by atoms with E-state index < -0.39 is 11.7 Å². The van der Waals surface area contributed by atoms with E-state index in [1.54, 1.807) is 43.3 Å². The Balaban J connectivity index is 1.76. The number of para-hydroxylation sites is 1. The number of hydrogen-bond acceptors (Lipinski definition) is 2. The second-order valence-corrected chi connectivity index (χ2v) is 6.42. The average molecular weight is 340 g/mol. The van der Waals surface area contributed by atoms with Crippen LogP contribution >= 0.6 is 0 Å². The van der Waals surface area contributed by atoms with Crippen molar-refractivity contribution in [2.24, 2.45) is 0 Å². The largest absolute Gasteiger partial charge is 0.349 e. The maximum Gasteiger partial charge on any atom is 0.255 e. The molecule has 1 aliphatic carbocycles. The Kier molecular flexibility index (Phi) is 5.12. The Morgan fingerprint density at radius 2 is 1.76 bits per heavy atom. The van der Waals surface area contributed by atoms with Crippen molar-refractivity contribution in [2.75, 3.05) is 5.32 Å². The summed E-state index contributed by atoms with van der Waals surface area (Å²) in [6, 6.07) is 11.4. The van der Waals surface area contributed by atoms with Crippen LogP contribution in [0, 0.1) is 12.7 Å². The molecule has 0 aliphatic heterocycles. The minimum absolute atomic E-state index is 0.196. The highest BCUT2D eigenvalue weighted by Crippen LogP contribution is 2.21. The monoisotopic (exact) mass is 340 g/mol. The highest BCUT2D eigenvalue weighted by atomic mass is 19.1. The topological polar surface area (TPSA) is 58.2 Å². The molecule has 0 aromatic heterocycles. The Bertz CT molecular complexity index is 798. The van der Waals surface area contributed by atoms with Gasteiger partial charge in [0.25, 0.3) is 11.8 Å². The van der Waals surface area contributed by atoms with E-state index in [-0.39, 0.29) is 17.5 Å². The van der Waals surface area contributed by atoms with Crippen molar-refractivity contribution in [3.8, 4) is 0 Å². The van der Waals surface area contributed by atoms with Crippen molar-refractivity contribution < 1.29 is 14.0 Å². The van der Waals surface area contributed by atoms with E-state index in [1.165, 1.54) is 6.07 Å². The van der Waals surface area contributed by atoms with E-state index >= 15 is 0 Å². The fraction of sp³-hybridized carbons (Fsp3) is 0.300. The minimum atomic E-state index is -0.444. The molecule has 3 rings (SSSR count). The first-order chi connectivity index (χ1) is 12.0. The first kappa shape index (κ1) is 17.1. The third-order valence-corrected chi connectivity index (χ3v) is 4.54. The second-order valence-electron chi connectivity index (χ2n) is 6.42. The molecule has 0 unspecified atom stereocenters. The van der Waals surface area contributed by atoms with Crippen LogP contribution in [0.3, 0.4) is 0 Å². The van der Waals surface area contributed by atoms with E-state index in [0.29, 0.717) is 16.8 Å². The van der Waals surface area contributed by atoms with Crippen molar-refractivity contribution in [3.05, 3.63) is 65.0 Å². The number of hydrogen-bond donors (Lipinski definition) is 2. The van der Waals surface area contributed by atoms with Crippen molar-refractivity contribution >= 4 is 17.5 Å². The average Bonchev–Trinajstić information content (AvgIpc) is 3.10. The molecule has 5 heteroatoms. The number of carbonyl (C=O) groups excluding carboxylic acids is 2. The molecule has 4 nitrogen and oxygen atoms in total. The molecule has 0 bridgehead atoms. The maximum absolute atomic E-state index is 13.7. The van der Waals surface area contributed by atoms with E-state index in [0.717, 1.165) is 25.7 Å². The lowest BCUT2D eigenvalue weighted by atomic mass is 10.1. The lowest BCUT2D eigenvalue weighted by Gasteiger charge is -2.15. The number of anilines is 1. The Morgan fingerprint density at radius 1 is 1.04 bits per heavy atom. The predicted molar refractivity (Wildman–Crippen MR) is 95.3 cm³/mol. The molecule has 0 saturated heterocycles. The van der Waals surface area contributed by atoms with Gasteiger partial charge < -0.3 is 10.6 Å². The van der Waals surface area contributed by atoms with E-state index in [4.69, 9.17) is 0 Å². The number of halogens is 1. The van der Waals surface area contributed by atoms with Crippen LogP contribution in [0.15, 0.2) is 42.5 Å². The number of amides is 2. The first-order valence-electron chi connectivity index (χ1n) is 8.52. The van der Waals surface area contributed by atoms with Crippen LogP contribution in [0.25, 0.3) is 0 Å². The normalized spacial score (nSPS) is 14.3. The summed E-state index contributed by atoms with van der Waals surface area (Å²) in [7, 11) is 0. The highest BCUT2D eigenvalue weighted by molar-refractivity contribution is 6.09. The van der Waals surface area contributed by atoms with Gasteiger partial charge in [-0.3, -0.25) is 9.59 Å². The van der Waals surface area contributed by atoms with Crippen LogP contribution in [-0.2, 0) is 0 Å². The Labute approximate surface area is 146 Å². The van der Waals surface area contributed by atoms with Gasteiger partial charge in [-0.25, -0.2) is 4.39 Å². The Morgan fingerprint density at radius 3 is 2.48 bits per heavy atom. The molecule has 0 radical (unpaired) electrons. The van der Waals surface area contributed by atoms with Gasteiger partial charge in [0.1, 0.15) is 5.82 Å². The molecule has 2 N–H and O–H groups in total. The van der Waals surface area contributed by atoms with Crippen LogP contribution in [0.2, 0.25) is 0 Å². The lowest BCUT2D eigenvalue weighted by Crippen LogP contribution is -2.33. The third kappa shape index (κ3) is 4.05. The molecule has 1 fully saturated rings. The van der Waals surface area contributed by atoms with E-state index in [9.17, 15) is 14.0 Å². The van der Waals surface area contributed by atoms with Gasteiger partial charge in [-0.1, -0.05) is 31.0 Å². The Hall–Kier alpha value is -2.69. The van der Waals surface area contributed by atoms with Gasteiger partial charge in [-0.05, 0) is 49.6 Å². The van der Waals surface area contributed by atoms with Gasteiger partial charge in [0.05, 0.1) is 11.3 Å². The molecule has 2 aromatic rings. The number of aryl methyl sites for hydroxylation is 1. The summed E-state index contributed by atoms with van der Waals surface area (Å²) >= 11 is 0. The van der Waals surface area contributed by atoms with E-state index in [1.807, 2.05) is 0 Å². The fourth-order valence-corrected chi connectivity index (χ4v) is 3.05. The van der Waals surface area contributed by atoms with Crippen molar-refractivity contribution in [3.63, 3.8) is 0 Å². The highest BCUT2D eigenvalue weighted by Gasteiger charge is 2.20. The van der Waals surface area contributed by atoms with E-state index in [2.05, 4.69) is 10.6 Å². The van der Waals surface area contributed by atoms with Crippen molar-refractivity contribution in [1.29, 1.82) is 0 Å². The molecule has 0 atom stereocenters. The summed E-state index contributed by atoms with van der Waals surface area (Å²) in [6.07, 6.45) is 4.23. The van der Waals surface area contributed by atoms with Crippen molar-refractivity contribution in [2.45, 2.75) is 38.6 Å². The molecule has 0 spiro atoms. The zero-order valence-corrected chi connectivity index (χ0v) is 14.1. The summed E-state index contributed by atoms with van der Waals surface area (Å²) < 4.78 is 13.7. The second kappa shape index (κ2) is 7.47. The smallest absolute Gasteiger partial charge is 0.255 e. The van der Waals surface area contributed by atoms with Gasteiger partial charge in [0.2, 0.25) is 0 Å². The van der Waals surface area contributed by atoms with Gasteiger partial charge in [-0.2, -0.15) is 0 Å². The number of carbonyl (C=O) groups is 2. The molecular weight excluding hydrogens is 319 g/mol. The molecule has 1 aliphatic rings. The predicted octanol–water partition coefficient (Wildman–Crippen LogP) is 4.06. The fourth-order valence-electron chi connectivity index (χ4n) is 3.05. The first-order valence-corrected chi connectivity index (χ1v) is 8.52. The molecule has 25 heavy (non-hydrogen) atoms. The van der Waals surface area contributed by atoms with Gasteiger partial charge in [0.15, 0.2) is 0 Å². The summed E-state index contributed by atoms with van der Waals surface area (Å²) in [5.41, 5.74) is 1.53. The SMILES string of the molecule is Cc1ccc(C(=O)Nc2ccccc2C(=O)NC2CCCC2)cc1F. The molecule has 1 saturated carbocycles. The quantitative estimate of drug-likeness (QED) is 0.882. The van der Waals surface area contributed by atoms with Crippen molar-refractivity contribution in [1.82, 2.24) is 5.32 Å². The van der Waals surface area contributed by atoms with Crippen LogP contribution < -0.4 is 10.6 Å². The molecule has 2 aromatic carbocycles. The lowest BCUT2D eigenvalue weighted by molar-refractivity contribution is 0.0939. The molecule has 0 heterocycles. The van der Waals surface area contributed by atoms with Crippen LogP contribution in [0.1, 0.15) is 52.0 Å². The minimum Gasteiger partial charge on any atom is -0.349 e. The van der Waals surface area contributed by atoms with Gasteiger partial charge in [-0.15, -0.1) is 0 Å². The van der Waals surface area contributed by atoms with Crippen LogP contribution in [-0.4, -0.2) is 17.9 Å². The third-order valence-electron chi connectivity index (χ3n) is 4.54. The summed E-state index contributed by atoms with van der Waals surface area (Å²) in [5.74, 6) is -1.07. The zero-order valence-electron chi connectivity index (χ0n) is 14.1. The molecule has 130 valence electrons.